The average Bonchev–Trinajstić information content (AvgIpc) is 2.65. The summed E-state index contributed by atoms with van der Waals surface area (Å²) in [6.07, 6.45) is 3.88. The second kappa shape index (κ2) is 2.90. The monoisotopic (exact) mass is 246 g/mol. The molecule has 2 saturated carbocycles. The molecule has 3 heteroatoms. The minimum absolute atomic E-state index is 0.0336. The molecule has 2 aliphatic carbocycles. The Kier molecular flexibility index (Phi) is 1.74. The first-order valence-electron chi connectivity index (χ1n) is 6.76. The third-order valence-corrected chi connectivity index (χ3v) is 5.63. The molecule has 4 fully saturated rings. The molecule has 1 spiro atoms. The highest BCUT2D eigenvalue weighted by atomic mass is 16.6. The fourth-order valence-corrected chi connectivity index (χ4v) is 4.53. The van der Waals surface area contributed by atoms with E-state index >= 15 is 0 Å². The van der Waals surface area contributed by atoms with Gasteiger partial charge in [-0.15, -0.1) is 0 Å². The van der Waals surface area contributed by atoms with E-state index in [0.717, 1.165) is 25.7 Å². The number of epoxide rings is 1. The SMILES string of the molecule is C=C1CC[C@]23O[C@@]2(C)CC[C@H]2C(=C)C(=O)O[C@@H]2[C@@H]13. The average molecular weight is 246 g/mol. The Morgan fingerprint density at radius 2 is 2.11 bits per heavy atom. The minimum Gasteiger partial charge on any atom is -0.458 e. The van der Waals surface area contributed by atoms with Crippen LogP contribution in [0.1, 0.15) is 32.6 Å². The fraction of sp³-hybridized carbons (Fsp3) is 0.667. The molecule has 0 amide bonds. The first kappa shape index (κ1) is 10.8. The van der Waals surface area contributed by atoms with E-state index in [1.807, 2.05) is 0 Å². The largest absolute Gasteiger partial charge is 0.458 e. The highest BCUT2D eigenvalue weighted by molar-refractivity contribution is 5.91. The zero-order valence-corrected chi connectivity index (χ0v) is 10.7. The van der Waals surface area contributed by atoms with Crippen LogP contribution in [0.25, 0.3) is 0 Å². The zero-order valence-electron chi connectivity index (χ0n) is 10.7. The van der Waals surface area contributed by atoms with Crippen molar-refractivity contribution in [2.75, 3.05) is 0 Å². The number of ether oxygens (including phenoxy) is 2. The van der Waals surface area contributed by atoms with Gasteiger partial charge >= 0.3 is 5.97 Å². The van der Waals surface area contributed by atoms with E-state index in [1.165, 1.54) is 5.57 Å². The van der Waals surface area contributed by atoms with Crippen molar-refractivity contribution < 1.29 is 14.3 Å². The highest BCUT2D eigenvalue weighted by Crippen LogP contribution is 2.68. The van der Waals surface area contributed by atoms with Gasteiger partial charge < -0.3 is 9.47 Å². The molecule has 2 saturated heterocycles. The summed E-state index contributed by atoms with van der Waals surface area (Å²) in [4.78, 5) is 11.8. The van der Waals surface area contributed by atoms with E-state index in [4.69, 9.17) is 9.47 Å². The van der Waals surface area contributed by atoms with Crippen LogP contribution in [0.3, 0.4) is 0 Å². The molecular formula is C15H18O3. The van der Waals surface area contributed by atoms with E-state index < -0.39 is 0 Å². The molecular weight excluding hydrogens is 228 g/mol. The number of carbonyl (C=O) groups is 1. The van der Waals surface area contributed by atoms with Crippen LogP contribution in [-0.4, -0.2) is 23.3 Å². The lowest BCUT2D eigenvalue weighted by Crippen LogP contribution is -2.36. The molecule has 0 aromatic heterocycles. The first-order chi connectivity index (χ1) is 8.48. The van der Waals surface area contributed by atoms with Gasteiger partial charge in [-0.2, -0.15) is 0 Å². The van der Waals surface area contributed by atoms with Gasteiger partial charge in [-0.05, 0) is 32.6 Å². The maximum atomic E-state index is 11.8. The summed E-state index contributed by atoms with van der Waals surface area (Å²) >= 11 is 0. The summed E-state index contributed by atoms with van der Waals surface area (Å²) in [7, 11) is 0. The molecule has 18 heavy (non-hydrogen) atoms. The molecule has 4 rings (SSSR count). The summed E-state index contributed by atoms with van der Waals surface area (Å²) in [5.74, 6) is 0.129. The fourth-order valence-electron chi connectivity index (χ4n) is 4.53. The van der Waals surface area contributed by atoms with Crippen molar-refractivity contribution in [1.82, 2.24) is 0 Å². The van der Waals surface area contributed by atoms with Crippen LogP contribution in [0.2, 0.25) is 0 Å². The van der Waals surface area contributed by atoms with Crippen LogP contribution in [0.5, 0.6) is 0 Å². The van der Waals surface area contributed by atoms with E-state index in [0.29, 0.717) is 5.57 Å². The second-order valence-corrected chi connectivity index (χ2v) is 6.40. The topological polar surface area (TPSA) is 38.8 Å². The van der Waals surface area contributed by atoms with Crippen molar-refractivity contribution in [3.05, 3.63) is 24.3 Å². The lowest BCUT2D eigenvalue weighted by molar-refractivity contribution is -0.141. The van der Waals surface area contributed by atoms with Gasteiger partial charge in [0.25, 0.3) is 0 Å². The number of fused-ring (bicyclic) bond motifs is 2. The van der Waals surface area contributed by atoms with Crippen molar-refractivity contribution in [3.8, 4) is 0 Å². The lowest BCUT2D eigenvalue weighted by atomic mass is 9.80. The molecule has 0 N–H and O–H groups in total. The summed E-state index contributed by atoms with van der Waals surface area (Å²) in [6, 6.07) is 0. The van der Waals surface area contributed by atoms with Crippen molar-refractivity contribution in [2.45, 2.75) is 49.9 Å². The van der Waals surface area contributed by atoms with E-state index in [2.05, 4.69) is 20.1 Å². The van der Waals surface area contributed by atoms with Crippen molar-refractivity contribution >= 4 is 5.97 Å². The molecule has 2 heterocycles. The molecule has 0 aromatic carbocycles. The van der Waals surface area contributed by atoms with Crippen LogP contribution in [-0.2, 0) is 14.3 Å². The highest BCUT2D eigenvalue weighted by Gasteiger charge is 2.76. The molecule has 3 nitrogen and oxygen atoms in total. The number of carbonyl (C=O) groups excluding carboxylic acids is 1. The molecule has 96 valence electrons. The van der Waals surface area contributed by atoms with Gasteiger partial charge in [-0.25, -0.2) is 4.79 Å². The maximum Gasteiger partial charge on any atom is 0.334 e. The van der Waals surface area contributed by atoms with E-state index in [1.54, 1.807) is 0 Å². The Morgan fingerprint density at radius 3 is 2.89 bits per heavy atom. The van der Waals surface area contributed by atoms with Gasteiger partial charge in [0.05, 0.1) is 5.60 Å². The van der Waals surface area contributed by atoms with Gasteiger partial charge in [-0.3, -0.25) is 0 Å². The summed E-state index contributed by atoms with van der Waals surface area (Å²) in [6.45, 7) is 10.3. The first-order valence-corrected chi connectivity index (χ1v) is 6.76. The second-order valence-electron chi connectivity index (χ2n) is 6.40. The van der Waals surface area contributed by atoms with Gasteiger partial charge in [0.1, 0.15) is 11.7 Å². The van der Waals surface area contributed by atoms with Gasteiger partial charge in [-0.1, -0.05) is 18.7 Å². The Bertz CT molecular complexity index is 494. The predicted octanol–water partition coefficient (Wildman–Crippen LogP) is 2.37. The smallest absolute Gasteiger partial charge is 0.334 e. The molecule has 0 unspecified atom stereocenters. The van der Waals surface area contributed by atoms with Crippen LogP contribution in [0, 0.1) is 11.8 Å². The Balaban J connectivity index is 1.81. The third-order valence-electron chi connectivity index (χ3n) is 5.63. The normalized spacial score (nSPS) is 53.4. The van der Waals surface area contributed by atoms with Crippen LogP contribution in [0.15, 0.2) is 24.3 Å². The quantitative estimate of drug-likeness (QED) is 0.285. The number of hydrogen-bond donors (Lipinski definition) is 0. The van der Waals surface area contributed by atoms with Crippen molar-refractivity contribution in [2.24, 2.45) is 11.8 Å². The minimum atomic E-state index is -0.218. The Hall–Kier alpha value is -1.09. The molecule has 2 aliphatic heterocycles. The Morgan fingerprint density at radius 1 is 1.33 bits per heavy atom. The van der Waals surface area contributed by atoms with Gasteiger partial charge in [0, 0.05) is 17.4 Å². The molecule has 0 aromatic rings. The maximum absolute atomic E-state index is 11.8. The van der Waals surface area contributed by atoms with Crippen LogP contribution < -0.4 is 0 Å². The zero-order chi connectivity index (χ0) is 12.7. The van der Waals surface area contributed by atoms with E-state index in [-0.39, 0.29) is 35.1 Å². The van der Waals surface area contributed by atoms with E-state index in [9.17, 15) is 4.79 Å². The molecule has 4 aliphatic rings. The lowest BCUT2D eigenvalue weighted by Gasteiger charge is -2.25. The van der Waals surface area contributed by atoms with Crippen LogP contribution in [0.4, 0.5) is 0 Å². The summed E-state index contributed by atoms with van der Waals surface area (Å²) in [5.41, 5.74) is 1.71. The van der Waals surface area contributed by atoms with Gasteiger partial charge in [0.15, 0.2) is 0 Å². The Labute approximate surface area is 107 Å². The van der Waals surface area contributed by atoms with Crippen LogP contribution >= 0.6 is 0 Å². The summed E-state index contributed by atoms with van der Waals surface area (Å²) in [5, 5.41) is 0. The van der Waals surface area contributed by atoms with Crippen molar-refractivity contribution in [1.29, 1.82) is 0 Å². The number of esters is 1. The third kappa shape index (κ3) is 0.993. The molecule has 5 atom stereocenters. The number of rotatable bonds is 0. The van der Waals surface area contributed by atoms with Crippen molar-refractivity contribution in [3.63, 3.8) is 0 Å². The van der Waals surface area contributed by atoms with Gasteiger partial charge in [0.2, 0.25) is 0 Å². The summed E-state index contributed by atoms with van der Waals surface area (Å²) < 4.78 is 11.7. The predicted molar refractivity (Wildman–Crippen MR) is 65.8 cm³/mol. The molecule has 0 radical (unpaired) electrons. The standard InChI is InChI=1S/C15H18O3/c1-8-4-7-15-11(8)12-10(9(2)13(16)17-12)5-6-14(15,3)18-15/h10-12H,1-2,4-7H2,3H3/t10-,11+,12-,14-,15+/m0/s1. The number of hydrogen-bond acceptors (Lipinski definition) is 3. The molecule has 0 bridgehead atoms.